The van der Waals surface area contributed by atoms with E-state index < -0.39 is 5.41 Å². The van der Waals surface area contributed by atoms with Crippen molar-refractivity contribution in [3.8, 4) is 27.9 Å². The average molecular weight is 883 g/mol. The number of para-hydroxylation sites is 2. The number of nitrogens with one attached hydrogen (secondary N) is 1. The van der Waals surface area contributed by atoms with E-state index in [-0.39, 0.29) is 6.17 Å². The minimum atomic E-state index is -0.580. The van der Waals surface area contributed by atoms with E-state index in [4.69, 9.17) is 14.4 Å². The minimum Gasteiger partial charge on any atom is -0.454 e. The van der Waals surface area contributed by atoms with Crippen LogP contribution in [0.5, 0.6) is 0 Å². The molecule has 0 fully saturated rings. The molecule has 69 heavy (non-hydrogen) atoms. The summed E-state index contributed by atoms with van der Waals surface area (Å²) in [6.45, 7) is 0. The third kappa shape index (κ3) is 5.90. The highest BCUT2D eigenvalue weighted by Gasteiger charge is 2.47. The molecule has 12 aromatic rings. The Labute approximate surface area is 399 Å². The first kappa shape index (κ1) is 39.1. The van der Waals surface area contributed by atoms with Gasteiger partial charge in [0.05, 0.1) is 22.1 Å². The summed E-state index contributed by atoms with van der Waals surface area (Å²) in [7, 11) is 0. The Morgan fingerprint density at radius 3 is 1.83 bits per heavy atom. The Bertz CT molecular complexity index is 3980. The maximum absolute atomic E-state index is 7.30. The predicted molar refractivity (Wildman–Crippen MR) is 283 cm³/mol. The number of fused-ring (bicyclic) bond motifs is 10. The van der Waals surface area contributed by atoms with E-state index in [9.17, 15) is 0 Å². The number of benzene rings is 10. The molecule has 1 atom stereocenters. The van der Waals surface area contributed by atoms with E-state index in [2.05, 4.69) is 228 Å². The molecule has 0 amide bonds. The zero-order chi connectivity index (χ0) is 45.5. The molecule has 2 aromatic heterocycles. The normalized spacial score (nSPS) is 14.9. The van der Waals surface area contributed by atoms with Crippen LogP contribution in [-0.4, -0.2) is 16.2 Å². The van der Waals surface area contributed by atoms with Gasteiger partial charge in [0.25, 0.3) is 0 Å². The number of hydrogen-bond acceptors (Lipinski definition) is 4. The standard InChI is InChI=1S/C64H42N4O/c1-6-21-41(22-7-1)44-39-51(63-66-61(42-23-8-2-9-24-42)65-62(67-63)43-25-10-3-11-26-43)57-50-33-20-36-55(60(50)69-56(57)40-44)68-53-35-19-17-32-49(53)58-54(68)38-37-48-47-31-16-18-34-52(47)64(59(48)58,45-27-12-4-13-28-45)46-29-14-5-15-30-46/h1-40,61H,(H,65,66,67). The molecule has 1 aliphatic heterocycles. The molecule has 2 aliphatic rings. The maximum atomic E-state index is 7.30. The maximum Gasteiger partial charge on any atom is 0.160 e. The van der Waals surface area contributed by atoms with Crippen molar-refractivity contribution in [2.24, 2.45) is 9.98 Å². The van der Waals surface area contributed by atoms with Crippen LogP contribution in [0.25, 0.3) is 71.7 Å². The fourth-order valence-electron chi connectivity index (χ4n) is 11.4. The Hall–Kier alpha value is -9.06. The largest absolute Gasteiger partial charge is 0.454 e. The smallest absolute Gasteiger partial charge is 0.160 e. The van der Waals surface area contributed by atoms with Crippen LogP contribution in [0.3, 0.4) is 0 Å². The van der Waals surface area contributed by atoms with Gasteiger partial charge in [-0.25, -0.2) is 9.98 Å². The SMILES string of the molecule is c1ccc(C2=NC(c3cc(-c4ccccc4)cc4oc5c(-n6c7ccccc7c7c8c(ccc76)-c6ccccc6C8(c6ccccc6)c6ccccc6)cccc5c34)=NC(c3ccccc3)N2)cc1. The van der Waals surface area contributed by atoms with Crippen molar-refractivity contribution < 1.29 is 4.42 Å². The Morgan fingerprint density at radius 1 is 0.464 bits per heavy atom. The summed E-state index contributed by atoms with van der Waals surface area (Å²) >= 11 is 0. The number of rotatable bonds is 7. The van der Waals surface area contributed by atoms with Gasteiger partial charge < -0.3 is 14.3 Å². The van der Waals surface area contributed by atoms with Crippen molar-refractivity contribution >= 4 is 55.4 Å². The van der Waals surface area contributed by atoms with Gasteiger partial charge in [0.1, 0.15) is 17.6 Å². The molecule has 324 valence electrons. The van der Waals surface area contributed by atoms with Gasteiger partial charge in [0.15, 0.2) is 11.4 Å². The van der Waals surface area contributed by atoms with Gasteiger partial charge in [-0.15, -0.1) is 0 Å². The molecule has 14 rings (SSSR count). The Morgan fingerprint density at radius 2 is 1.09 bits per heavy atom. The fraction of sp³-hybridized carbons (Fsp3) is 0.0312. The third-order valence-corrected chi connectivity index (χ3v) is 14.3. The highest BCUT2D eigenvalue weighted by molar-refractivity contribution is 6.24. The van der Waals surface area contributed by atoms with E-state index in [1.54, 1.807) is 0 Å². The van der Waals surface area contributed by atoms with Crippen molar-refractivity contribution in [3.63, 3.8) is 0 Å². The molecule has 1 N–H and O–H groups in total. The number of amidine groups is 2. The molecule has 5 heteroatoms. The number of nitrogens with zero attached hydrogens (tertiary/aromatic N) is 3. The lowest BCUT2D eigenvalue weighted by atomic mass is 9.67. The molecular formula is C64H42N4O. The molecule has 0 radical (unpaired) electrons. The van der Waals surface area contributed by atoms with Gasteiger partial charge in [-0.2, -0.15) is 0 Å². The van der Waals surface area contributed by atoms with Crippen molar-refractivity contribution in [2.45, 2.75) is 11.6 Å². The second-order valence-corrected chi connectivity index (χ2v) is 18.0. The van der Waals surface area contributed by atoms with Crippen LogP contribution in [0.15, 0.2) is 257 Å². The van der Waals surface area contributed by atoms with Gasteiger partial charge in [-0.1, -0.05) is 212 Å². The first-order chi connectivity index (χ1) is 34.2. The summed E-state index contributed by atoms with van der Waals surface area (Å²) in [6, 6.07) is 86.9. The van der Waals surface area contributed by atoms with Crippen LogP contribution in [0.4, 0.5) is 0 Å². The highest BCUT2D eigenvalue weighted by Crippen LogP contribution is 2.59. The molecule has 0 bridgehead atoms. The van der Waals surface area contributed by atoms with Crippen LogP contribution in [-0.2, 0) is 5.41 Å². The van der Waals surface area contributed by atoms with Crippen LogP contribution >= 0.6 is 0 Å². The minimum absolute atomic E-state index is 0.359. The van der Waals surface area contributed by atoms with E-state index in [0.29, 0.717) is 5.84 Å². The zero-order valence-electron chi connectivity index (χ0n) is 37.4. The number of aromatic nitrogens is 1. The summed E-state index contributed by atoms with van der Waals surface area (Å²) in [4.78, 5) is 10.8. The number of aliphatic imine (C=N–C) groups is 2. The second kappa shape index (κ2) is 15.5. The quantitative estimate of drug-likeness (QED) is 0.173. The van der Waals surface area contributed by atoms with E-state index >= 15 is 0 Å². The average Bonchev–Trinajstić information content (AvgIpc) is 4.08. The first-order valence-corrected chi connectivity index (χ1v) is 23.6. The summed E-state index contributed by atoms with van der Waals surface area (Å²) in [5.74, 6) is 1.41. The number of furan rings is 1. The summed E-state index contributed by atoms with van der Waals surface area (Å²) in [5, 5.41) is 8.04. The molecule has 0 saturated heterocycles. The fourth-order valence-corrected chi connectivity index (χ4v) is 11.4. The molecule has 3 heterocycles. The number of hydrogen-bond donors (Lipinski definition) is 1. The molecule has 0 saturated carbocycles. The molecule has 1 aliphatic carbocycles. The predicted octanol–water partition coefficient (Wildman–Crippen LogP) is 15.2. The van der Waals surface area contributed by atoms with Crippen molar-refractivity contribution in [1.29, 1.82) is 0 Å². The lowest BCUT2D eigenvalue weighted by Gasteiger charge is -2.34. The van der Waals surface area contributed by atoms with E-state index in [1.807, 2.05) is 24.3 Å². The van der Waals surface area contributed by atoms with Crippen LogP contribution in [0.2, 0.25) is 0 Å². The summed E-state index contributed by atoms with van der Waals surface area (Å²) in [6.07, 6.45) is -0.359. The van der Waals surface area contributed by atoms with Crippen LogP contribution in [0, 0.1) is 0 Å². The molecular weight excluding hydrogens is 841 g/mol. The van der Waals surface area contributed by atoms with E-state index in [1.165, 1.54) is 44.2 Å². The lowest BCUT2D eigenvalue weighted by molar-refractivity contribution is 0.666. The van der Waals surface area contributed by atoms with E-state index in [0.717, 1.165) is 72.3 Å². The van der Waals surface area contributed by atoms with Crippen molar-refractivity contribution in [2.75, 3.05) is 0 Å². The topological polar surface area (TPSA) is 54.8 Å². The van der Waals surface area contributed by atoms with Gasteiger partial charge >= 0.3 is 0 Å². The molecule has 1 unspecified atom stereocenters. The first-order valence-electron chi connectivity index (χ1n) is 23.6. The highest BCUT2D eigenvalue weighted by atomic mass is 16.3. The lowest BCUT2D eigenvalue weighted by Crippen LogP contribution is -2.33. The third-order valence-electron chi connectivity index (χ3n) is 14.3. The Balaban J connectivity index is 1.06. The summed E-state index contributed by atoms with van der Waals surface area (Å²) in [5.41, 5.74) is 16.8. The Kier molecular flexibility index (Phi) is 8.80. The van der Waals surface area contributed by atoms with Gasteiger partial charge in [-0.3, -0.25) is 0 Å². The van der Waals surface area contributed by atoms with Gasteiger partial charge in [-0.05, 0) is 80.4 Å². The second-order valence-electron chi connectivity index (χ2n) is 18.0. The molecule has 10 aromatic carbocycles. The van der Waals surface area contributed by atoms with Crippen molar-refractivity contribution in [1.82, 2.24) is 9.88 Å². The van der Waals surface area contributed by atoms with Crippen LogP contribution < -0.4 is 5.32 Å². The van der Waals surface area contributed by atoms with Gasteiger partial charge in [0.2, 0.25) is 0 Å². The van der Waals surface area contributed by atoms with Gasteiger partial charge in [0, 0.05) is 32.7 Å². The molecule has 5 nitrogen and oxygen atoms in total. The zero-order valence-corrected chi connectivity index (χ0v) is 37.4. The monoisotopic (exact) mass is 882 g/mol. The van der Waals surface area contributed by atoms with Crippen molar-refractivity contribution in [3.05, 3.63) is 282 Å². The molecule has 0 spiro atoms. The van der Waals surface area contributed by atoms with Crippen LogP contribution in [0.1, 0.15) is 45.1 Å². The summed E-state index contributed by atoms with van der Waals surface area (Å²) < 4.78 is 9.73.